The molecule has 2 unspecified atom stereocenters. The molecular weight excluding hydrogens is 415 g/mol. The lowest BCUT2D eigenvalue weighted by Gasteiger charge is -2.48. The maximum atomic E-state index is 13.3. The Kier molecular flexibility index (Phi) is 4.33. The second kappa shape index (κ2) is 6.24. The summed E-state index contributed by atoms with van der Waals surface area (Å²) in [4.78, 5) is 2.50. The van der Waals surface area contributed by atoms with E-state index in [1.165, 1.54) is 6.07 Å². The van der Waals surface area contributed by atoms with Gasteiger partial charge < -0.3 is 4.90 Å². The molecule has 1 aromatic heterocycles. The van der Waals surface area contributed by atoms with Gasteiger partial charge in [-0.15, -0.1) is 0 Å². The summed E-state index contributed by atoms with van der Waals surface area (Å²) in [6.07, 6.45) is -0.467. The Hall–Kier alpha value is -1.09. The van der Waals surface area contributed by atoms with Gasteiger partial charge in [0.2, 0.25) is 0 Å². The van der Waals surface area contributed by atoms with E-state index >= 15 is 0 Å². The van der Waals surface area contributed by atoms with Crippen LogP contribution in [0.1, 0.15) is 63.8 Å². The third kappa shape index (κ3) is 3.40. The molecule has 0 aromatic carbocycles. The zero-order valence-electron chi connectivity index (χ0n) is 17.7. The molecule has 168 valence electrons. The van der Waals surface area contributed by atoms with Crippen LogP contribution in [0.4, 0.5) is 13.2 Å². The minimum Gasteiger partial charge on any atom is -0.300 e. The van der Waals surface area contributed by atoms with Gasteiger partial charge in [-0.2, -0.15) is 18.3 Å². The number of likely N-dealkylation sites (tertiary alicyclic amines) is 1. The fourth-order valence-corrected chi connectivity index (χ4v) is 8.76. The first-order chi connectivity index (χ1) is 13.8. The second-order valence-corrected chi connectivity index (χ2v) is 13.1. The zero-order valence-corrected chi connectivity index (χ0v) is 18.6. The molecule has 2 aliphatic heterocycles. The normalized spacial score (nSPS) is 35.3. The van der Waals surface area contributed by atoms with Crippen LogP contribution in [0.15, 0.2) is 6.07 Å². The quantitative estimate of drug-likeness (QED) is 0.697. The third-order valence-electron chi connectivity index (χ3n) is 7.85. The highest BCUT2D eigenvalue weighted by atomic mass is 32.2. The molecule has 0 N–H and O–H groups in total. The molecule has 1 aromatic rings. The van der Waals surface area contributed by atoms with E-state index in [9.17, 15) is 21.6 Å². The van der Waals surface area contributed by atoms with E-state index in [1.54, 1.807) is 4.68 Å². The number of sulfone groups is 1. The monoisotopic (exact) mass is 445 g/mol. The molecular formula is C21H30F3N3O2S. The molecule has 9 heteroatoms. The minimum absolute atomic E-state index is 0.0204. The van der Waals surface area contributed by atoms with Crippen LogP contribution in [0.5, 0.6) is 0 Å². The highest BCUT2D eigenvalue weighted by molar-refractivity contribution is 7.92. The smallest absolute Gasteiger partial charge is 0.300 e. The van der Waals surface area contributed by atoms with Crippen molar-refractivity contribution in [2.24, 2.45) is 17.3 Å². The van der Waals surface area contributed by atoms with Crippen molar-refractivity contribution in [3.8, 4) is 0 Å². The van der Waals surface area contributed by atoms with E-state index in [2.05, 4.69) is 10.00 Å². The van der Waals surface area contributed by atoms with Gasteiger partial charge in [0.1, 0.15) is 0 Å². The van der Waals surface area contributed by atoms with Crippen molar-refractivity contribution in [1.29, 1.82) is 0 Å². The average molecular weight is 446 g/mol. The largest absolute Gasteiger partial charge is 0.435 e. The van der Waals surface area contributed by atoms with Crippen molar-refractivity contribution < 1.29 is 21.6 Å². The van der Waals surface area contributed by atoms with E-state index in [-0.39, 0.29) is 11.3 Å². The Balaban J connectivity index is 1.24. The lowest BCUT2D eigenvalue weighted by atomic mass is 9.80. The van der Waals surface area contributed by atoms with Gasteiger partial charge in [0.15, 0.2) is 15.5 Å². The maximum Gasteiger partial charge on any atom is 0.435 e. The molecule has 3 heterocycles. The lowest BCUT2D eigenvalue weighted by molar-refractivity contribution is -0.141. The summed E-state index contributed by atoms with van der Waals surface area (Å²) in [5.74, 6) is 1.76. The summed E-state index contributed by atoms with van der Waals surface area (Å²) in [6.45, 7) is 7.59. The average Bonchev–Trinajstić information content (AvgIpc) is 2.98. The van der Waals surface area contributed by atoms with Gasteiger partial charge >= 0.3 is 6.18 Å². The molecule has 2 saturated heterocycles. The molecule has 0 radical (unpaired) electrons. The van der Waals surface area contributed by atoms with Gasteiger partial charge in [-0.05, 0) is 77.4 Å². The van der Waals surface area contributed by atoms with Gasteiger partial charge in [-0.3, -0.25) is 4.68 Å². The second-order valence-electron chi connectivity index (χ2n) is 11.1. The number of hydrogen-bond acceptors (Lipinski definition) is 4. The molecule has 2 aliphatic carbocycles. The number of hydrogen-bond donors (Lipinski definition) is 0. The van der Waals surface area contributed by atoms with E-state index in [1.807, 2.05) is 20.8 Å². The molecule has 0 amide bonds. The van der Waals surface area contributed by atoms with Crippen molar-refractivity contribution in [3.63, 3.8) is 0 Å². The Morgan fingerprint density at radius 2 is 1.63 bits per heavy atom. The molecule has 2 saturated carbocycles. The van der Waals surface area contributed by atoms with Crippen molar-refractivity contribution in [3.05, 3.63) is 17.5 Å². The first kappa shape index (κ1) is 20.8. The number of fused-ring (bicyclic) bond motifs is 1. The molecule has 5 rings (SSSR count). The maximum absolute atomic E-state index is 13.3. The van der Waals surface area contributed by atoms with E-state index in [0.717, 1.165) is 44.5 Å². The molecule has 30 heavy (non-hydrogen) atoms. The summed E-state index contributed by atoms with van der Waals surface area (Å²) in [7, 11) is -2.80. The van der Waals surface area contributed by atoms with Crippen LogP contribution >= 0.6 is 0 Å². The van der Waals surface area contributed by atoms with Crippen molar-refractivity contribution in [2.75, 3.05) is 24.6 Å². The number of piperidine rings is 1. The Bertz CT molecular complexity index is 929. The molecule has 4 aliphatic rings. The molecule has 5 nitrogen and oxygen atoms in total. The van der Waals surface area contributed by atoms with Crippen LogP contribution in [-0.4, -0.2) is 53.7 Å². The predicted molar refractivity (Wildman–Crippen MR) is 107 cm³/mol. The first-order valence-electron chi connectivity index (χ1n) is 10.9. The molecule has 1 spiro atoms. The van der Waals surface area contributed by atoms with E-state index in [0.29, 0.717) is 29.4 Å². The van der Waals surface area contributed by atoms with Gasteiger partial charge in [0, 0.05) is 23.1 Å². The summed E-state index contributed by atoms with van der Waals surface area (Å²) < 4.78 is 64.6. The highest BCUT2D eigenvalue weighted by Gasteiger charge is 2.60. The predicted octanol–water partition coefficient (Wildman–Crippen LogP) is 3.66. The Morgan fingerprint density at radius 1 is 1.07 bits per heavy atom. The standard InChI is InChI=1S/C21H30F3N3O2S/c1-19(2,3)27-16(10-17(25-27)21(22,23)24)18-14-8-13(9-15(14)18)26-6-4-20(5-7-26)11-30(28,29)12-20/h10,13-15,18H,4-9,11-12H2,1-3H3/t13?,14-,15+,18?. The van der Waals surface area contributed by atoms with Gasteiger partial charge in [-0.1, -0.05) is 0 Å². The number of rotatable bonds is 2. The Morgan fingerprint density at radius 3 is 2.10 bits per heavy atom. The SMILES string of the molecule is CC(C)(C)n1nc(C(F)(F)F)cc1C1[C@H]2CC(N3CCC4(CC3)CS(=O)(=O)C4)C[C@@H]12. The number of halogens is 3. The van der Waals surface area contributed by atoms with Crippen LogP contribution in [-0.2, 0) is 21.6 Å². The van der Waals surface area contributed by atoms with Crippen LogP contribution in [0, 0.1) is 17.3 Å². The van der Waals surface area contributed by atoms with Gasteiger partial charge in [0.05, 0.1) is 17.0 Å². The van der Waals surface area contributed by atoms with Crippen molar-refractivity contribution >= 4 is 9.84 Å². The number of nitrogens with zero attached hydrogens (tertiary/aromatic N) is 3. The summed E-state index contributed by atoms with van der Waals surface area (Å²) in [6, 6.07) is 1.75. The fraction of sp³-hybridized carbons (Fsp3) is 0.857. The van der Waals surface area contributed by atoms with Crippen molar-refractivity contribution in [1.82, 2.24) is 14.7 Å². The molecule has 4 fully saturated rings. The Labute approximate surface area is 175 Å². The molecule has 4 atom stereocenters. The summed E-state index contributed by atoms with van der Waals surface area (Å²) in [5, 5.41) is 3.93. The number of aromatic nitrogens is 2. The van der Waals surface area contributed by atoms with E-state index in [4.69, 9.17) is 0 Å². The minimum atomic E-state index is -4.42. The van der Waals surface area contributed by atoms with Gasteiger partial charge in [-0.25, -0.2) is 8.42 Å². The topological polar surface area (TPSA) is 55.2 Å². The first-order valence-corrected chi connectivity index (χ1v) is 12.7. The lowest BCUT2D eigenvalue weighted by Crippen LogP contribution is -2.55. The molecule has 0 bridgehead atoms. The fourth-order valence-electron chi connectivity index (χ4n) is 6.40. The van der Waals surface area contributed by atoms with Crippen LogP contribution in [0.2, 0.25) is 0 Å². The summed E-state index contributed by atoms with van der Waals surface area (Å²) >= 11 is 0. The van der Waals surface area contributed by atoms with Crippen LogP contribution < -0.4 is 0 Å². The highest BCUT2D eigenvalue weighted by Crippen LogP contribution is 2.64. The van der Waals surface area contributed by atoms with Crippen LogP contribution in [0.25, 0.3) is 0 Å². The van der Waals surface area contributed by atoms with E-state index < -0.39 is 27.2 Å². The zero-order chi connectivity index (χ0) is 21.7. The number of alkyl halides is 3. The summed E-state index contributed by atoms with van der Waals surface area (Å²) in [5.41, 5.74) is -0.516. The van der Waals surface area contributed by atoms with Crippen LogP contribution in [0.3, 0.4) is 0 Å². The van der Waals surface area contributed by atoms with Crippen molar-refractivity contribution in [2.45, 2.75) is 70.1 Å². The van der Waals surface area contributed by atoms with Gasteiger partial charge in [0.25, 0.3) is 0 Å². The third-order valence-corrected chi connectivity index (χ3v) is 9.96.